The molecule has 0 saturated carbocycles. The van der Waals surface area contributed by atoms with Gasteiger partial charge in [0, 0.05) is 18.5 Å². The summed E-state index contributed by atoms with van der Waals surface area (Å²) in [6, 6.07) is 15.9. The number of hydrogen-bond donors (Lipinski definition) is 0. The zero-order chi connectivity index (χ0) is 20.2. The maximum absolute atomic E-state index is 14.2. The molecule has 2 heterocycles. The maximum atomic E-state index is 14.2. The van der Waals surface area contributed by atoms with E-state index >= 15 is 0 Å². The third kappa shape index (κ3) is 4.38. The minimum absolute atomic E-state index is 0.113. The minimum atomic E-state index is -0.527. The third-order valence-corrected chi connectivity index (χ3v) is 5.19. The Labute approximate surface area is 167 Å². The normalized spacial score (nSPS) is 17.9. The topological polar surface area (TPSA) is 42.7 Å². The zero-order valence-electron chi connectivity index (χ0n) is 15.8. The van der Waals surface area contributed by atoms with Crippen LogP contribution in [0.4, 0.5) is 8.78 Å². The van der Waals surface area contributed by atoms with Gasteiger partial charge >= 0.3 is 0 Å². The second-order valence-corrected chi connectivity index (χ2v) is 7.05. The van der Waals surface area contributed by atoms with E-state index in [1.807, 2.05) is 6.07 Å². The monoisotopic (exact) mass is 397 g/mol. The number of morpholine rings is 1. The number of halogens is 2. The van der Waals surface area contributed by atoms with Gasteiger partial charge in [-0.1, -0.05) is 30.3 Å². The summed E-state index contributed by atoms with van der Waals surface area (Å²) in [6.07, 6.45) is 1.40. The Morgan fingerprint density at radius 2 is 1.86 bits per heavy atom. The summed E-state index contributed by atoms with van der Waals surface area (Å²) in [6.45, 7) is 0.997. The Morgan fingerprint density at radius 1 is 1.07 bits per heavy atom. The highest BCUT2D eigenvalue weighted by Crippen LogP contribution is 2.29. The summed E-state index contributed by atoms with van der Waals surface area (Å²) >= 11 is 0. The van der Waals surface area contributed by atoms with Crippen LogP contribution in [0.5, 0.6) is 0 Å². The predicted octanol–water partition coefficient (Wildman–Crippen LogP) is 4.48. The van der Waals surface area contributed by atoms with Crippen molar-refractivity contribution in [1.82, 2.24) is 4.90 Å². The SMILES string of the molecule is O=C(C(Cc1ccco1)c1ccc(F)cc1)N1CCOC(c2ccccc2F)C1. The van der Waals surface area contributed by atoms with Crippen molar-refractivity contribution >= 4 is 5.91 Å². The molecule has 4 nitrogen and oxygen atoms in total. The van der Waals surface area contributed by atoms with Crippen LogP contribution in [0.15, 0.2) is 71.3 Å². The lowest BCUT2D eigenvalue weighted by molar-refractivity contribution is -0.140. The lowest BCUT2D eigenvalue weighted by Gasteiger charge is -2.35. The van der Waals surface area contributed by atoms with E-state index in [2.05, 4.69) is 0 Å². The number of ether oxygens (including phenoxy) is 1. The van der Waals surface area contributed by atoms with Crippen LogP contribution in [0.3, 0.4) is 0 Å². The molecule has 150 valence electrons. The van der Waals surface area contributed by atoms with Gasteiger partial charge in [0.1, 0.15) is 23.5 Å². The first kappa shape index (κ1) is 19.3. The van der Waals surface area contributed by atoms with Gasteiger partial charge in [0.05, 0.1) is 25.3 Å². The van der Waals surface area contributed by atoms with Crippen molar-refractivity contribution in [2.75, 3.05) is 19.7 Å². The van der Waals surface area contributed by atoms with Gasteiger partial charge in [-0.25, -0.2) is 8.78 Å². The highest BCUT2D eigenvalue weighted by atomic mass is 19.1. The molecule has 3 aromatic rings. The summed E-state index contributed by atoms with van der Waals surface area (Å²) in [5.41, 5.74) is 1.15. The molecule has 6 heteroatoms. The van der Waals surface area contributed by atoms with E-state index in [1.54, 1.807) is 47.6 Å². The molecule has 1 aromatic heterocycles. The molecular formula is C23H21F2NO3. The van der Waals surface area contributed by atoms with Crippen molar-refractivity contribution in [3.63, 3.8) is 0 Å². The number of nitrogens with zero attached hydrogens (tertiary/aromatic N) is 1. The van der Waals surface area contributed by atoms with Gasteiger partial charge < -0.3 is 14.1 Å². The molecule has 0 spiro atoms. The molecule has 0 aliphatic carbocycles. The van der Waals surface area contributed by atoms with Crippen molar-refractivity contribution in [3.05, 3.63) is 95.4 Å². The summed E-state index contributed by atoms with van der Waals surface area (Å²) < 4.78 is 38.7. The van der Waals surface area contributed by atoms with Gasteiger partial charge in [0.15, 0.2) is 0 Å². The molecule has 29 heavy (non-hydrogen) atoms. The second-order valence-electron chi connectivity index (χ2n) is 7.05. The van der Waals surface area contributed by atoms with Crippen LogP contribution in [0.1, 0.15) is 28.9 Å². The smallest absolute Gasteiger partial charge is 0.230 e. The fraction of sp³-hybridized carbons (Fsp3) is 0.261. The molecule has 0 radical (unpaired) electrons. The molecule has 2 aromatic carbocycles. The molecule has 1 saturated heterocycles. The lowest BCUT2D eigenvalue weighted by Crippen LogP contribution is -2.45. The number of amides is 1. The Kier molecular flexibility index (Phi) is 5.71. The number of carbonyl (C=O) groups excluding carboxylic acids is 1. The molecule has 0 N–H and O–H groups in total. The summed E-state index contributed by atoms with van der Waals surface area (Å²) in [5, 5.41) is 0. The first-order valence-electron chi connectivity index (χ1n) is 9.54. The van der Waals surface area contributed by atoms with E-state index in [4.69, 9.17) is 9.15 Å². The van der Waals surface area contributed by atoms with Crippen LogP contribution < -0.4 is 0 Å². The van der Waals surface area contributed by atoms with Crippen molar-refractivity contribution < 1.29 is 22.7 Å². The van der Waals surface area contributed by atoms with E-state index in [-0.39, 0.29) is 24.1 Å². The van der Waals surface area contributed by atoms with Gasteiger partial charge in [0.25, 0.3) is 0 Å². The van der Waals surface area contributed by atoms with Gasteiger partial charge in [-0.3, -0.25) is 4.79 Å². The van der Waals surface area contributed by atoms with Gasteiger partial charge in [-0.05, 0) is 35.9 Å². The van der Waals surface area contributed by atoms with E-state index < -0.39 is 12.0 Å². The van der Waals surface area contributed by atoms with Crippen molar-refractivity contribution in [2.24, 2.45) is 0 Å². The molecule has 2 unspecified atom stereocenters. The molecule has 1 aliphatic heterocycles. The van der Waals surface area contributed by atoms with Gasteiger partial charge in [-0.2, -0.15) is 0 Å². The van der Waals surface area contributed by atoms with Crippen molar-refractivity contribution in [3.8, 4) is 0 Å². The average Bonchev–Trinajstić information content (AvgIpc) is 3.26. The largest absolute Gasteiger partial charge is 0.469 e. The Hall–Kier alpha value is -2.99. The predicted molar refractivity (Wildman–Crippen MR) is 103 cm³/mol. The molecule has 1 amide bonds. The number of hydrogen-bond acceptors (Lipinski definition) is 3. The van der Waals surface area contributed by atoms with E-state index in [1.165, 1.54) is 18.2 Å². The van der Waals surface area contributed by atoms with Crippen LogP contribution in [0, 0.1) is 11.6 Å². The maximum Gasteiger partial charge on any atom is 0.230 e. The molecule has 4 rings (SSSR count). The van der Waals surface area contributed by atoms with E-state index in [0.717, 1.165) is 0 Å². The quantitative estimate of drug-likeness (QED) is 0.637. The summed E-state index contributed by atoms with van der Waals surface area (Å²) in [4.78, 5) is 15.1. The molecule has 0 bridgehead atoms. The zero-order valence-corrected chi connectivity index (χ0v) is 15.8. The van der Waals surface area contributed by atoms with E-state index in [0.29, 0.717) is 36.5 Å². The first-order chi connectivity index (χ1) is 14.1. The standard InChI is InChI=1S/C23H21F2NO3/c24-17-9-7-16(8-10-17)20(14-18-4-3-12-28-18)23(27)26-11-13-29-22(15-26)19-5-1-2-6-21(19)25/h1-10,12,20,22H,11,13-15H2. The Balaban J connectivity index is 1.57. The minimum Gasteiger partial charge on any atom is -0.469 e. The number of rotatable bonds is 5. The highest BCUT2D eigenvalue weighted by Gasteiger charge is 2.32. The highest BCUT2D eigenvalue weighted by molar-refractivity contribution is 5.84. The number of carbonyl (C=O) groups is 1. The Bertz CT molecular complexity index is 957. The van der Waals surface area contributed by atoms with Crippen LogP contribution in [0.2, 0.25) is 0 Å². The van der Waals surface area contributed by atoms with Gasteiger partial charge in [0.2, 0.25) is 5.91 Å². The summed E-state index contributed by atoms with van der Waals surface area (Å²) in [5.74, 6) is -0.674. The fourth-order valence-corrected chi connectivity index (χ4v) is 3.67. The van der Waals surface area contributed by atoms with Crippen molar-refractivity contribution in [1.29, 1.82) is 0 Å². The van der Waals surface area contributed by atoms with E-state index in [9.17, 15) is 13.6 Å². The van der Waals surface area contributed by atoms with Crippen LogP contribution >= 0.6 is 0 Å². The third-order valence-electron chi connectivity index (χ3n) is 5.19. The summed E-state index contributed by atoms with van der Waals surface area (Å²) in [7, 11) is 0. The number of benzene rings is 2. The van der Waals surface area contributed by atoms with Crippen LogP contribution in [0.25, 0.3) is 0 Å². The first-order valence-corrected chi connectivity index (χ1v) is 9.54. The molecular weight excluding hydrogens is 376 g/mol. The van der Waals surface area contributed by atoms with Crippen LogP contribution in [-0.4, -0.2) is 30.5 Å². The second kappa shape index (κ2) is 8.57. The number of furan rings is 1. The average molecular weight is 397 g/mol. The molecule has 2 atom stereocenters. The fourth-order valence-electron chi connectivity index (χ4n) is 3.67. The van der Waals surface area contributed by atoms with Crippen molar-refractivity contribution in [2.45, 2.75) is 18.4 Å². The van der Waals surface area contributed by atoms with Crippen LogP contribution in [-0.2, 0) is 16.0 Å². The molecule has 1 fully saturated rings. The Morgan fingerprint density at radius 3 is 2.59 bits per heavy atom. The van der Waals surface area contributed by atoms with Gasteiger partial charge in [-0.15, -0.1) is 0 Å². The lowest BCUT2D eigenvalue weighted by atomic mass is 9.92. The molecule has 1 aliphatic rings.